The van der Waals surface area contributed by atoms with E-state index in [4.69, 9.17) is 37.9 Å². The zero-order chi connectivity index (χ0) is 37.7. The number of aromatic amines is 1. The molecule has 2 aliphatic heterocycles. The normalized spacial score (nSPS) is 23.4. The average molecular weight is 747 g/mol. The van der Waals surface area contributed by atoms with Gasteiger partial charge in [0.2, 0.25) is 5.95 Å². The van der Waals surface area contributed by atoms with Crippen LogP contribution in [-0.2, 0) is 48.5 Å². The largest absolute Gasteiger partial charge is 0.475 e. The summed E-state index contributed by atoms with van der Waals surface area (Å²) < 4.78 is 53.9. The van der Waals surface area contributed by atoms with Crippen LogP contribution in [0.4, 0.5) is 11.6 Å². The maximum Gasteiger partial charge on any atom is 0.475 e. The fourth-order valence-corrected chi connectivity index (χ4v) is 7.12. The number of hydrogen-bond donors (Lipinski definition) is 3. The van der Waals surface area contributed by atoms with Crippen LogP contribution in [0.2, 0.25) is 0 Å². The second-order valence-corrected chi connectivity index (χ2v) is 15.8. The maximum atomic E-state index is 13.6. The number of aromatic nitrogens is 4. The molecule has 0 saturated carbocycles. The first-order valence-electron chi connectivity index (χ1n) is 16.2. The van der Waals surface area contributed by atoms with E-state index < -0.39 is 73.3 Å². The van der Waals surface area contributed by atoms with Crippen LogP contribution in [-0.4, -0.2) is 85.8 Å². The van der Waals surface area contributed by atoms with Gasteiger partial charge in [0.25, 0.3) is 5.56 Å². The monoisotopic (exact) mass is 746 g/mol. The number of rotatable bonds is 9. The molecule has 0 radical (unpaired) electrons. The van der Waals surface area contributed by atoms with Crippen LogP contribution < -0.4 is 21.8 Å². The molecule has 6 rings (SSSR count). The van der Waals surface area contributed by atoms with Gasteiger partial charge < -0.3 is 34.4 Å². The minimum Gasteiger partial charge on any atom is -0.459 e. The van der Waals surface area contributed by atoms with Crippen molar-refractivity contribution >= 4 is 53.5 Å². The fourth-order valence-electron chi connectivity index (χ4n) is 5.74. The highest BCUT2D eigenvalue weighted by Gasteiger charge is 2.53. The van der Waals surface area contributed by atoms with E-state index in [-0.39, 0.29) is 48.0 Å². The summed E-state index contributed by atoms with van der Waals surface area (Å²) in [6.07, 6.45) is -3.37. The number of aliphatic hydroxyl groups is 1. The summed E-state index contributed by atoms with van der Waals surface area (Å²) >= 11 is 0. The van der Waals surface area contributed by atoms with E-state index in [2.05, 4.69) is 15.0 Å². The predicted octanol–water partition coefficient (Wildman–Crippen LogP) is 2.30. The van der Waals surface area contributed by atoms with Crippen molar-refractivity contribution in [2.24, 2.45) is 0 Å². The number of nitrogens with zero attached hydrogens (tertiary/aromatic N) is 4. The Morgan fingerprint density at radius 2 is 1.77 bits per heavy atom. The van der Waals surface area contributed by atoms with E-state index in [1.165, 1.54) is 21.9 Å². The quantitative estimate of drug-likeness (QED) is 0.126. The molecule has 4 N–H and O–H groups in total. The first-order valence-corrected chi connectivity index (χ1v) is 17.6. The van der Waals surface area contributed by atoms with Gasteiger partial charge in [-0.05, 0) is 59.2 Å². The summed E-state index contributed by atoms with van der Waals surface area (Å²) in [6.45, 7) is 8.96. The van der Waals surface area contributed by atoms with E-state index in [1.54, 1.807) is 53.7 Å². The van der Waals surface area contributed by atoms with E-state index in [9.17, 15) is 28.8 Å². The molecular weight excluding hydrogens is 707 g/mol. The molecule has 280 valence electrons. The van der Waals surface area contributed by atoms with E-state index >= 15 is 0 Å². The van der Waals surface area contributed by atoms with Gasteiger partial charge in [0.15, 0.2) is 17.4 Å². The Morgan fingerprint density at radius 3 is 2.42 bits per heavy atom. The number of benzene rings is 1. The Labute approximate surface area is 295 Å². The highest BCUT2D eigenvalue weighted by atomic mass is 31.2. The zero-order valence-corrected chi connectivity index (χ0v) is 30.1. The summed E-state index contributed by atoms with van der Waals surface area (Å²) in [5, 5.41) is 11.5. The van der Waals surface area contributed by atoms with Gasteiger partial charge in [-0.1, -0.05) is 0 Å². The number of imidazole rings is 1. The lowest BCUT2D eigenvalue weighted by Crippen LogP contribution is -2.40. The fraction of sp³-hybridized carbons (Fsp3) is 0.500. The van der Waals surface area contributed by atoms with Crippen molar-refractivity contribution in [2.75, 3.05) is 30.3 Å². The van der Waals surface area contributed by atoms with Crippen LogP contribution in [0.3, 0.4) is 0 Å². The van der Waals surface area contributed by atoms with E-state index in [0.717, 1.165) is 6.07 Å². The molecule has 5 heterocycles. The number of carbonyl (C=O) groups excluding carboxylic acids is 2. The lowest BCUT2D eigenvalue weighted by Gasteiger charge is -2.30. The van der Waals surface area contributed by atoms with Gasteiger partial charge >= 0.3 is 25.4 Å². The lowest BCUT2D eigenvalue weighted by molar-refractivity contribution is -0.154. The summed E-state index contributed by atoms with van der Waals surface area (Å²) in [5.41, 5.74) is 3.50. The van der Waals surface area contributed by atoms with Gasteiger partial charge in [-0.25, -0.2) is 14.3 Å². The number of aliphatic hydroxyl groups excluding tert-OH is 1. The molecule has 1 unspecified atom stereocenters. The number of H-pyrrole nitrogens is 1. The molecule has 3 aromatic heterocycles. The Bertz CT molecular complexity index is 2160. The van der Waals surface area contributed by atoms with Crippen molar-refractivity contribution in [3.63, 3.8) is 0 Å². The minimum atomic E-state index is -4.34. The molecule has 2 saturated heterocycles. The van der Waals surface area contributed by atoms with Crippen molar-refractivity contribution < 1.29 is 51.5 Å². The van der Waals surface area contributed by atoms with Gasteiger partial charge in [-0.3, -0.25) is 37.5 Å². The van der Waals surface area contributed by atoms with Crippen molar-refractivity contribution in [1.29, 1.82) is 0 Å². The van der Waals surface area contributed by atoms with Crippen LogP contribution in [0.5, 0.6) is 0 Å². The highest BCUT2D eigenvalue weighted by molar-refractivity contribution is 7.48. The number of esters is 2. The number of phosphoric acid groups is 1. The first kappa shape index (κ1) is 37.1. The molecule has 52 heavy (non-hydrogen) atoms. The van der Waals surface area contributed by atoms with Gasteiger partial charge in [-0.15, -0.1) is 0 Å². The molecule has 19 nitrogen and oxygen atoms in total. The number of hydrogen-bond acceptors (Lipinski definition) is 17. The van der Waals surface area contributed by atoms with Crippen molar-refractivity contribution in [2.45, 2.75) is 83.9 Å². The molecule has 2 fully saturated rings. The second kappa shape index (κ2) is 13.7. The molecule has 0 spiro atoms. The summed E-state index contributed by atoms with van der Waals surface area (Å²) in [5.74, 6) is -1.36. The SMILES string of the molecule is CC(C)(C)OC(=O)CN(CC(=O)OC(C)(C)C)c1ccc2c(COP3(=O)OC[C@H]4O[C@@H](n5cnc6c(=O)[nH]c(N)nc65)[C@H](O)[C@@H]4O3)cc(=O)oc2c1. The number of phosphoric ester groups is 1. The number of carbonyl (C=O) groups is 2. The number of ether oxygens (including phenoxy) is 3. The number of anilines is 2. The standard InChI is InChI=1S/C32H39N6O13P/c1-31(2,3)49-22(40)11-37(12-23(41)50-32(4,5)6)17-7-8-18-16(9-21(39)47-19(18)10-17)13-45-52(44)46-14-20-26(51-52)25(42)29(48-20)38-15-34-24-27(38)35-30(33)36-28(24)43/h7-10,15,20,25-26,29,42H,11-14H2,1-6H3,(H3,33,35,36,43)/t20-,25-,26-,29-,52?/m1/s1. The third-order valence-electron chi connectivity index (χ3n) is 7.72. The summed E-state index contributed by atoms with van der Waals surface area (Å²) in [4.78, 5) is 62.3. The third kappa shape index (κ3) is 8.19. The van der Waals surface area contributed by atoms with E-state index in [0.29, 0.717) is 11.1 Å². The topological polar surface area (TPSA) is 250 Å². The molecule has 2 aliphatic rings. The molecule has 0 amide bonds. The predicted molar refractivity (Wildman–Crippen MR) is 182 cm³/mol. The van der Waals surface area contributed by atoms with Gasteiger partial charge in [0, 0.05) is 23.2 Å². The van der Waals surface area contributed by atoms with Crippen molar-refractivity contribution in [1.82, 2.24) is 19.5 Å². The summed E-state index contributed by atoms with van der Waals surface area (Å²) in [7, 11) is -4.34. The molecule has 0 aliphatic carbocycles. The van der Waals surface area contributed by atoms with Crippen LogP contribution in [0, 0.1) is 0 Å². The highest BCUT2D eigenvalue weighted by Crippen LogP contribution is 2.57. The smallest absolute Gasteiger partial charge is 0.459 e. The van der Waals surface area contributed by atoms with Gasteiger partial charge in [0.05, 0.1) is 19.5 Å². The second-order valence-electron chi connectivity index (χ2n) is 14.2. The molecule has 5 atom stereocenters. The zero-order valence-electron chi connectivity index (χ0n) is 29.2. The van der Waals surface area contributed by atoms with Crippen molar-refractivity contribution in [3.05, 3.63) is 56.9 Å². The average Bonchev–Trinajstić information content (AvgIpc) is 3.57. The minimum absolute atomic E-state index is 0.0310. The Hall–Kier alpha value is -4.65. The molecule has 0 bridgehead atoms. The Morgan fingerprint density at radius 1 is 1.10 bits per heavy atom. The first-order chi connectivity index (χ1) is 24.3. The van der Waals surface area contributed by atoms with E-state index in [1.807, 2.05) is 0 Å². The number of fused-ring (bicyclic) bond motifs is 3. The molecule has 1 aromatic carbocycles. The Balaban J connectivity index is 1.19. The molecule has 20 heteroatoms. The third-order valence-corrected chi connectivity index (χ3v) is 9.13. The molecule has 4 aromatic rings. The number of nitrogen functional groups attached to an aromatic ring is 1. The maximum absolute atomic E-state index is 13.6. The van der Waals surface area contributed by atoms with Crippen LogP contribution >= 0.6 is 7.82 Å². The lowest BCUT2D eigenvalue weighted by atomic mass is 10.1. The van der Waals surface area contributed by atoms with Crippen LogP contribution in [0.1, 0.15) is 53.3 Å². The van der Waals surface area contributed by atoms with Crippen LogP contribution in [0.15, 0.2) is 44.6 Å². The molecular formula is C32H39N6O13P. The number of nitrogens with two attached hydrogens (primary N) is 1. The van der Waals surface area contributed by atoms with Crippen molar-refractivity contribution in [3.8, 4) is 0 Å². The number of nitrogens with one attached hydrogen (secondary N) is 1. The van der Waals surface area contributed by atoms with Gasteiger partial charge in [-0.2, -0.15) is 4.98 Å². The van der Waals surface area contributed by atoms with Crippen LogP contribution in [0.25, 0.3) is 22.1 Å². The van der Waals surface area contributed by atoms with Gasteiger partial charge in [0.1, 0.15) is 48.2 Å². The summed E-state index contributed by atoms with van der Waals surface area (Å²) in [6, 6.07) is 5.80. The Kier molecular flexibility index (Phi) is 9.79.